The van der Waals surface area contributed by atoms with Gasteiger partial charge in [0, 0.05) is 18.9 Å². The number of amides is 2. The van der Waals surface area contributed by atoms with Crippen LogP contribution in [-0.2, 0) is 9.59 Å². The largest absolute Gasteiger partial charge is 0.394 e. The smallest absolute Gasteiger partial charge is 0.223 e. The molecule has 6 heteroatoms. The lowest BCUT2D eigenvalue weighted by Crippen LogP contribution is -2.41. The zero-order valence-corrected chi connectivity index (χ0v) is 10.5. The van der Waals surface area contributed by atoms with Crippen LogP contribution in [-0.4, -0.2) is 47.8 Å². The SMILES string of the molecule is O=C(CCNC(=O)C1CCCC1)NC(CO)CO. The number of nitrogens with one attached hydrogen (secondary N) is 2. The average molecular weight is 258 g/mol. The third-order valence-corrected chi connectivity index (χ3v) is 3.18. The van der Waals surface area contributed by atoms with Crippen molar-refractivity contribution in [3.8, 4) is 0 Å². The fraction of sp³-hybridized carbons (Fsp3) is 0.833. The first-order valence-corrected chi connectivity index (χ1v) is 6.46. The summed E-state index contributed by atoms with van der Waals surface area (Å²) in [6.45, 7) is -0.294. The Morgan fingerprint density at radius 2 is 1.78 bits per heavy atom. The van der Waals surface area contributed by atoms with Crippen LogP contribution in [0.15, 0.2) is 0 Å². The molecule has 6 nitrogen and oxygen atoms in total. The Morgan fingerprint density at radius 1 is 1.17 bits per heavy atom. The molecule has 0 spiro atoms. The van der Waals surface area contributed by atoms with Crippen molar-refractivity contribution in [3.05, 3.63) is 0 Å². The molecule has 0 aromatic heterocycles. The number of aliphatic hydroxyl groups is 2. The molecule has 2 amide bonds. The number of hydrogen-bond acceptors (Lipinski definition) is 4. The summed E-state index contributed by atoms with van der Waals surface area (Å²) in [6.07, 6.45) is 4.25. The minimum atomic E-state index is -0.622. The summed E-state index contributed by atoms with van der Waals surface area (Å²) in [7, 11) is 0. The first-order valence-electron chi connectivity index (χ1n) is 6.46. The standard InChI is InChI=1S/C12H22N2O4/c15-7-10(8-16)14-11(17)5-6-13-12(18)9-3-1-2-4-9/h9-10,15-16H,1-8H2,(H,13,18)(H,14,17). The molecule has 1 saturated carbocycles. The fourth-order valence-electron chi connectivity index (χ4n) is 2.08. The summed E-state index contributed by atoms with van der Waals surface area (Å²) in [5, 5.41) is 22.8. The summed E-state index contributed by atoms with van der Waals surface area (Å²) in [5.41, 5.74) is 0. The number of carbonyl (C=O) groups is 2. The van der Waals surface area contributed by atoms with E-state index in [1.807, 2.05) is 0 Å². The van der Waals surface area contributed by atoms with Gasteiger partial charge in [-0.25, -0.2) is 0 Å². The van der Waals surface area contributed by atoms with Gasteiger partial charge in [0.05, 0.1) is 19.3 Å². The molecule has 0 aromatic rings. The second kappa shape index (κ2) is 8.05. The lowest BCUT2D eigenvalue weighted by Gasteiger charge is -2.14. The molecule has 1 fully saturated rings. The van der Waals surface area contributed by atoms with E-state index in [-0.39, 0.29) is 37.4 Å². The zero-order valence-electron chi connectivity index (χ0n) is 10.5. The second-order valence-corrected chi connectivity index (χ2v) is 4.65. The number of hydrogen-bond donors (Lipinski definition) is 4. The van der Waals surface area contributed by atoms with Gasteiger partial charge in [0.15, 0.2) is 0 Å². The summed E-state index contributed by atoms with van der Waals surface area (Å²) < 4.78 is 0. The van der Waals surface area contributed by atoms with Crippen LogP contribution in [0.2, 0.25) is 0 Å². The molecule has 4 N–H and O–H groups in total. The van der Waals surface area contributed by atoms with Gasteiger partial charge in [-0.15, -0.1) is 0 Å². The highest BCUT2D eigenvalue weighted by molar-refractivity contribution is 5.80. The quantitative estimate of drug-likeness (QED) is 0.478. The Balaban J connectivity index is 2.12. The molecular formula is C12H22N2O4. The van der Waals surface area contributed by atoms with Crippen molar-refractivity contribution in [1.29, 1.82) is 0 Å². The summed E-state index contributed by atoms with van der Waals surface area (Å²) >= 11 is 0. The van der Waals surface area contributed by atoms with E-state index in [0.29, 0.717) is 6.54 Å². The van der Waals surface area contributed by atoms with Crippen LogP contribution in [0.1, 0.15) is 32.1 Å². The summed E-state index contributed by atoms with van der Waals surface area (Å²) in [4.78, 5) is 23.0. The van der Waals surface area contributed by atoms with Crippen molar-refractivity contribution in [1.82, 2.24) is 10.6 Å². The highest BCUT2D eigenvalue weighted by Gasteiger charge is 2.22. The number of aliphatic hydroxyl groups excluding tert-OH is 2. The molecule has 104 valence electrons. The van der Waals surface area contributed by atoms with Gasteiger partial charge in [0.2, 0.25) is 11.8 Å². The third kappa shape index (κ3) is 5.01. The van der Waals surface area contributed by atoms with Gasteiger partial charge < -0.3 is 20.8 Å². The van der Waals surface area contributed by atoms with Gasteiger partial charge in [0.25, 0.3) is 0 Å². The second-order valence-electron chi connectivity index (χ2n) is 4.65. The Hall–Kier alpha value is -1.14. The van der Waals surface area contributed by atoms with Gasteiger partial charge in [-0.3, -0.25) is 9.59 Å². The van der Waals surface area contributed by atoms with E-state index in [4.69, 9.17) is 10.2 Å². The van der Waals surface area contributed by atoms with Crippen molar-refractivity contribution < 1.29 is 19.8 Å². The highest BCUT2D eigenvalue weighted by Crippen LogP contribution is 2.24. The minimum absolute atomic E-state index is 0.0289. The molecule has 0 atom stereocenters. The monoisotopic (exact) mass is 258 g/mol. The van der Waals surface area contributed by atoms with E-state index in [1.54, 1.807) is 0 Å². The van der Waals surface area contributed by atoms with Crippen LogP contribution in [0.5, 0.6) is 0 Å². The van der Waals surface area contributed by atoms with E-state index in [2.05, 4.69) is 10.6 Å². The van der Waals surface area contributed by atoms with Crippen molar-refractivity contribution in [3.63, 3.8) is 0 Å². The highest BCUT2D eigenvalue weighted by atomic mass is 16.3. The van der Waals surface area contributed by atoms with Crippen LogP contribution in [0, 0.1) is 5.92 Å². The van der Waals surface area contributed by atoms with Crippen LogP contribution in [0.3, 0.4) is 0 Å². The van der Waals surface area contributed by atoms with Crippen LogP contribution in [0.4, 0.5) is 0 Å². The van der Waals surface area contributed by atoms with Crippen molar-refractivity contribution in [2.45, 2.75) is 38.1 Å². The molecule has 18 heavy (non-hydrogen) atoms. The van der Waals surface area contributed by atoms with Gasteiger partial charge >= 0.3 is 0 Å². The van der Waals surface area contributed by atoms with Gasteiger partial charge in [-0.05, 0) is 12.8 Å². The van der Waals surface area contributed by atoms with Crippen molar-refractivity contribution in [2.24, 2.45) is 5.92 Å². The Bertz CT molecular complexity index is 273. The normalized spacial score (nSPS) is 15.9. The van der Waals surface area contributed by atoms with Crippen molar-refractivity contribution >= 4 is 11.8 Å². The Morgan fingerprint density at radius 3 is 2.33 bits per heavy atom. The zero-order chi connectivity index (χ0) is 13.4. The van der Waals surface area contributed by atoms with Gasteiger partial charge in [-0.2, -0.15) is 0 Å². The average Bonchev–Trinajstić information content (AvgIpc) is 2.89. The molecule has 1 aliphatic carbocycles. The first kappa shape index (κ1) is 14.9. The molecule has 1 rings (SSSR count). The maximum Gasteiger partial charge on any atom is 0.223 e. The number of rotatable bonds is 7. The number of carbonyl (C=O) groups excluding carboxylic acids is 2. The van der Waals surface area contributed by atoms with Gasteiger partial charge in [-0.1, -0.05) is 12.8 Å². The van der Waals surface area contributed by atoms with E-state index >= 15 is 0 Å². The predicted molar refractivity (Wildman–Crippen MR) is 65.7 cm³/mol. The molecule has 1 aliphatic rings. The molecule has 0 bridgehead atoms. The van der Waals surface area contributed by atoms with Gasteiger partial charge in [0.1, 0.15) is 0 Å². The lowest BCUT2D eigenvalue weighted by molar-refractivity contribution is -0.125. The lowest BCUT2D eigenvalue weighted by atomic mass is 10.1. The molecule has 0 aromatic carbocycles. The van der Waals surface area contributed by atoms with Crippen LogP contribution >= 0.6 is 0 Å². The molecule has 0 saturated heterocycles. The minimum Gasteiger partial charge on any atom is -0.394 e. The van der Waals surface area contributed by atoms with Crippen LogP contribution in [0.25, 0.3) is 0 Å². The molecule has 0 unspecified atom stereocenters. The molecule has 0 heterocycles. The third-order valence-electron chi connectivity index (χ3n) is 3.18. The molecule has 0 radical (unpaired) electrons. The molecule has 0 aliphatic heterocycles. The summed E-state index contributed by atoms with van der Waals surface area (Å²) in [6, 6.07) is -0.622. The first-order chi connectivity index (χ1) is 8.67. The Kier molecular flexibility index (Phi) is 6.67. The van der Waals surface area contributed by atoms with E-state index in [0.717, 1.165) is 25.7 Å². The maximum absolute atomic E-state index is 11.6. The van der Waals surface area contributed by atoms with E-state index < -0.39 is 6.04 Å². The molecular weight excluding hydrogens is 236 g/mol. The summed E-state index contributed by atoms with van der Waals surface area (Å²) in [5.74, 6) is -0.147. The topological polar surface area (TPSA) is 98.7 Å². The van der Waals surface area contributed by atoms with Crippen molar-refractivity contribution in [2.75, 3.05) is 19.8 Å². The maximum atomic E-state index is 11.6. The fourth-order valence-corrected chi connectivity index (χ4v) is 2.08. The predicted octanol–water partition coefficient (Wildman–Crippen LogP) is -0.848. The Labute approximate surface area is 107 Å². The van der Waals surface area contributed by atoms with E-state index in [9.17, 15) is 9.59 Å². The van der Waals surface area contributed by atoms with E-state index in [1.165, 1.54) is 0 Å². The van der Waals surface area contributed by atoms with Crippen LogP contribution < -0.4 is 10.6 Å².